The van der Waals surface area contributed by atoms with Crippen LogP contribution in [0.2, 0.25) is 0 Å². The molecule has 6 nitrogen and oxygen atoms in total. The summed E-state index contributed by atoms with van der Waals surface area (Å²) in [5.41, 5.74) is 1.21. The van der Waals surface area contributed by atoms with Gasteiger partial charge in [0.25, 0.3) is 20.0 Å². The molecule has 1 N–H and O–H groups in total. The maximum atomic E-state index is 13.9. The molecule has 10 heteroatoms. The lowest BCUT2D eigenvalue weighted by Crippen LogP contribution is -2.35. The number of benzene rings is 3. The Balaban J connectivity index is 1.67. The van der Waals surface area contributed by atoms with Gasteiger partial charge in [0.15, 0.2) is 0 Å². The Kier molecular flexibility index (Phi) is 5.44. The number of halogens is 2. The molecule has 0 unspecified atom stereocenters. The lowest BCUT2D eigenvalue weighted by atomic mass is 10.0. The van der Waals surface area contributed by atoms with Crippen LogP contribution in [-0.4, -0.2) is 23.4 Å². The molecule has 0 bridgehead atoms. The molecule has 3 aromatic carbocycles. The topological polar surface area (TPSA) is 83.6 Å². The van der Waals surface area contributed by atoms with Crippen LogP contribution in [-0.2, 0) is 26.5 Å². The number of sulfonamides is 2. The molecule has 0 amide bonds. The Labute approximate surface area is 179 Å². The highest BCUT2D eigenvalue weighted by Crippen LogP contribution is 2.34. The van der Waals surface area contributed by atoms with Gasteiger partial charge in [0.1, 0.15) is 16.5 Å². The van der Waals surface area contributed by atoms with Crippen molar-refractivity contribution in [1.82, 2.24) is 0 Å². The van der Waals surface area contributed by atoms with Gasteiger partial charge in [0.05, 0.1) is 10.6 Å². The van der Waals surface area contributed by atoms with Crippen molar-refractivity contribution in [3.05, 3.63) is 83.9 Å². The Hall–Kier alpha value is -2.98. The summed E-state index contributed by atoms with van der Waals surface area (Å²) in [6.45, 7) is 0.295. The molecule has 0 fully saturated rings. The van der Waals surface area contributed by atoms with Gasteiger partial charge in [-0.2, -0.15) is 0 Å². The predicted molar refractivity (Wildman–Crippen MR) is 113 cm³/mol. The number of hydrogen-bond donors (Lipinski definition) is 1. The van der Waals surface area contributed by atoms with Crippen LogP contribution in [0.25, 0.3) is 0 Å². The minimum Gasteiger partial charge on any atom is -0.280 e. The standard InChI is InChI=1S/C21H18F2N2O4S2/c22-16-8-10-19(23)21(14-16)30(26,27)24-17-9-11-20-15(13-17)5-4-12-25(20)31(28,29)18-6-2-1-3-7-18/h1-3,6-11,13-14,24H,4-5,12H2. The average Bonchev–Trinajstić information content (AvgIpc) is 2.75. The Morgan fingerprint density at radius 2 is 1.61 bits per heavy atom. The summed E-state index contributed by atoms with van der Waals surface area (Å²) in [6.07, 6.45) is 1.09. The summed E-state index contributed by atoms with van der Waals surface area (Å²) < 4.78 is 82.0. The molecule has 0 saturated heterocycles. The molecule has 1 aliphatic rings. The van der Waals surface area contributed by atoms with Crippen molar-refractivity contribution >= 4 is 31.4 Å². The Morgan fingerprint density at radius 1 is 0.871 bits per heavy atom. The van der Waals surface area contributed by atoms with E-state index in [4.69, 9.17) is 0 Å². The van der Waals surface area contributed by atoms with Crippen molar-refractivity contribution in [2.75, 3.05) is 15.6 Å². The maximum Gasteiger partial charge on any atom is 0.264 e. The molecular formula is C21H18F2N2O4S2. The second-order valence-corrected chi connectivity index (χ2v) is 10.5. The molecule has 0 atom stereocenters. The second kappa shape index (κ2) is 7.93. The second-order valence-electron chi connectivity index (χ2n) is 7.02. The van der Waals surface area contributed by atoms with Gasteiger partial charge in [-0.15, -0.1) is 0 Å². The number of nitrogens with zero attached hydrogens (tertiary/aromatic N) is 1. The number of aryl methyl sites for hydroxylation is 1. The summed E-state index contributed by atoms with van der Waals surface area (Å²) in [7, 11) is -8.15. The Bertz CT molecular complexity index is 1350. The number of anilines is 2. The first-order valence-electron chi connectivity index (χ1n) is 9.37. The molecule has 4 rings (SSSR count). The minimum atomic E-state index is -4.37. The van der Waals surface area contributed by atoms with E-state index in [1.165, 1.54) is 34.6 Å². The third kappa shape index (κ3) is 4.13. The molecule has 162 valence electrons. The van der Waals surface area contributed by atoms with Crippen LogP contribution >= 0.6 is 0 Å². The van der Waals surface area contributed by atoms with E-state index in [0.717, 1.165) is 12.1 Å². The van der Waals surface area contributed by atoms with E-state index >= 15 is 0 Å². The quantitative estimate of drug-likeness (QED) is 0.621. The van der Waals surface area contributed by atoms with E-state index in [2.05, 4.69) is 4.72 Å². The molecule has 0 radical (unpaired) electrons. The fraction of sp³-hybridized carbons (Fsp3) is 0.143. The average molecular weight is 465 g/mol. The number of hydrogen-bond acceptors (Lipinski definition) is 4. The molecule has 1 heterocycles. The first kappa shape index (κ1) is 21.3. The van der Waals surface area contributed by atoms with Gasteiger partial charge in [0, 0.05) is 12.2 Å². The van der Waals surface area contributed by atoms with E-state index in [9.17, 15) is 25.6 Å². The molecule has 0 aliphatic carbocycles. The fourth-order valence-corrected chi connectivity index (χ4v) is 6.19. The van der Waals surface area contributed by atoms with E-state index in [-0.39, 0.29) is 10.6 Å². The minimum absolute atomic E-state index is 0.126. The number of nitrogens with one attached hydrogen (secondary N) is 1. The first-order chi connectivity index (χ1) is 14.7. The highest BCUT2D eigenvalue weighted by molar-refractivity contribution is 7.93. The normalized spacial score (nSPS) is 14.2. The monoisotopic (exact) mass is 464 g/mol. The van der Waals surface area contributed by atoms with Gasteiger partial charge in [-0.05, 0) is 66.9 Å². The smallest absolute Gasteiger partial charge is 0.264 e. The van der Waals surface area contributed by atoms with Gasteiger partial charge in [-0.3, -0.25) is 9.03 Å². The SMILES string of the molecule is O=S(=O)(Nc1ccc2c(c1)CCCN2S(=O)(=O)c1ccccc1)c1cc(F)ccc1F. The van der Waals surface area contributed by atoms with Crippen LogP contribution in [0.4, 0.5) is 20.2 Å². The predicted octanol–water partition coefficient (Wildman–Crippen LogP) is 3.91. The summed E-state index contributed by atoms with van der Waals surface area (Å²) in [4.78, 5) is -0.646. The van der Waals surface area contributed by atoms with Crippen LogP contribution in [0.1, 0.15) is 12.0 Å². The van der Waals surface area contributed by atoms with Crippen molar-refractivity contribution in [2.45, 2.75) is 22.6 Å². The van der Waals surface area contributed by atoms with E-state index in [1.54, 1.807) is 18.2 Å². The van der Waals surface area contributed by atoms with Crippen LogP contribution in [0, 0.1) is 11.6 Å². The third-order valence-corrected chi connectivity index (χ3v) is 8.15. The van der Waals surface area contributed by atoms with Gasteiger partial charge < -0.3 is 0 Å². The third-order valence-electron chi connectivity index (χ3n) is 4.92. The molecule has 0 spiro atoms. The van der Waals surface area contributed by atoms with Gasteiger partial charge in [-0.1, -0.05) is 18.2 Å². The zero-order valence-corrected chi connectivity index (χ0v) is 17.8. The van der Waals surface area contributed by atoms with Crippen molar-refractivity contribution in [3.63, 3.8) is 0 Å². The molecule has 31 heavy (non-hydrogen) atoms. The number of rotatable bonds is 5. The van der Waals surface area contributed by atoms with Gasteiger partial charge in [-0.25, -0.2) is 25.6 Å². The molecule has 0 aromatic heterocycles. The molecular weight excluding hydrogens is 446 g/mol. The fourth-order valence-electron chi connectivity index (χ4n) is 3.49. The summed E-state index contributed by atoms with van der Waals surface area (Å²) in [5, 5.41) is 0. The largest absolute Gasteiger partial charge is 0.280 e. The first-order valence-corrected chi connectivity index (χ1v) is 12.3. The van der Waals surface area contributed by atoms with E-state index in [1.807, 2.05) is 0 Å². The van der Waals surface area contributed by atoms with Crippen LogP contribution in [0.3, 0.4) is 0 Å². The van der Waals surface area contributed by atoms with Crippen LogP contribution in [0.15, 0.2) is 76.5 Å². The maximum absolute atomic E-state index is 13.9. The van der Waals surface area contributed by atoms with Crippen molar-refractivity contribution in [3.8, 4) is 0 Å². The van der Waals surface area contributed by atoms with Crippen molar-refractivity contribution in [1.29, 1.82) is 0 Å². The zero-order valence-electron chi connectivity index (χ0n) is 16.1. The van der Waals surface area contributed by atoms with Crippen LogP contribution < -0.4 is 9.03 Å². The summed E-state index contributed by atoms with van der Waals surface area (Å²) in [5.74, 6) is -1.96. The van der Waals surface area contributed by atoms with Crippen molar-refractivity contribution < 1.29 is 25.6 Å². The zero-order chi connectivity index (χ0) is 22.2. The summed E-state index contributed by atoms with van der Waals surface area (Å²) in [6, 6.07) is 14.6. The van der Waals surface area contributed by atoms with Gasteiger partial charge in [0.2, 0.25) is 0 Å². The van der Waals surface area contributed by atoms with E-state index in [0.29, 0.717) is 36.7 Å². The lowest BCUT2D eigenvalue weighted by molar-refractivity contribution is 0.555. The molecule has 3 aromatic rings. The molecule has 1 aliphatic heterocycles. The molecule has 0 saturated carbocycles. The lowest BCUT2D eigenvalue weighted by Gasteiger charge is -2.31. The Morgan fingerprint density at radius 3 is 2.35 bits per heavy atom. The number of fused-ring (bicyclic) bond motifs is 1. The highest BCUT2D eigenvalue weighted by atomic mass is 32.2. The summed E-state index contributed by atoms with van der Waals surface area (Å²) >= 11 is 0. The highest BCUT2D eigenvalue weighted by Gasteiger charge is 2.29. The van der Waals surface area contributed by atoms with Crippen molar-refractivity contribution in [2.24, 2.45) is 0 Å². The van der Waals surface area contributed by atoms with Crippen LogP contribution in [0.5, 0.6) is 0 Å². The van der Waals surface area contributed by atoms with Gasteiger partial charge >= 0.3 is 0 Å². The van der Waals surface area contributed by atoms with E-state index < -0.39 is 36.6 Å².